The highest BCUT2D eigenvalue weighted by Gasteiger charge is 2.31. The van der Waals surface area contributed by atoms with Gasteiger partial charge in [-0.1, -0.05) is 12.1 Å². The van der Waals surface area contributed by atoms with Crippen LogP contribution in [0.2, 0.25) is 0 Å². The Labute approximate surface area is 132 Å². The number of halogens is 3. The summed E-state index contributed by atoms with van der Waals surface area (Å²) in [5.74, 6) is 0.842. The molecule has 0 saturated carbocycles. The molecule has 5 nitrogen and oxygen atoms in total. The van der Waals surface area contributed by atoms with Crippen molar-refractivity contribution in [1.82, 2.24) is 15.1 Å². The van der Waals surface area contributed by atoms with Crippen molar-refractivity contribution in [3.8, 4) is 0 Å². The highest BCUT2D eigenvalue weighted by molar-refractivity contribution is 5.28. The largest absolute Gasteiger partial charge is 0.424 e. The van der Waals surface area contributed by atoms with Crippen molar-refractivity contribution in [3.63, 3.8) is 0 Å². The first kappa shape index (κ1) is 17.4. The minimum absolute atomic E-state index is 0.241. The zero-order valence-electron chi connectivity index (χ0n) is 13.1. The first-order valence-corrected chi connectivity index (χ1v) is 6.96. The number of alkyl halides is 3. The molecule has 0 radical (unpaired) electrons. The topological polar surface area (TPSA) is 51.4 Å². The van der Waals surface area contributed by atoms with Gasteiger partial charge in [-0.05, 0) is 24.7 Å². The van der Waals surface area contributed by atoms with Gasteiger partial charge in [-0.2, -0.15) is 13.2 Å². The predicted octanol–water partition coefficient (Wildman–Crippen LogP) is 3.22. The maximum atomic E-state index is 12.9. The van der Waals surface area contributed by atoms with Gasteiger partial charge in [0.2, 0.25) is 11.8 Å². The van der Waals surface area contributed by atoms with Crippen LogP contribution in [-0.2, 0) is 17.5 Å². The molecule has 0 saturated heterocycles. The fraction of sp³-hybridized carbons (Fsp3) is 0.467. The number of nitrogens with zero attached hydrogens (tertiary/aromatic N) is 3. The molecule has 0 spiro atoms. The summed E-state index contributed by atoms with van der Waals surface area (Å²) in [4.78, 5) is 1.81. The Morgan fingerprint density at radius 3 is 2.61 bits per heavy atom. The van der Waals surface area contributed by atoms with Crippen LogP contribution in [0.3, 0.4) is 0 Å². The van der Waals surface area contributed by atoms with Crippen LogP contribution < -0.4 is 0 Å². The molecule has 8 heteroatoms. The molecule has 23 heavy (non-hydrogen) atoms. The zero-order chi connectivity index (χ0) is 17.0. The molecule has 2 aromatic rings. The van der Waals surface area contributed by atoms with Crippen molar-refractivity contribution in [2.24, 2.45) is 0 Å². The minimum atomic E-state index is -4.38. The Morgan fingerprint density at radius 2 is 2.04 bits per heavy atom. The van der Waals surface area contributed by atoms with E-state index < -0.39 is 11.7 Å². The molecule has 1 unspecified atom stereocenters. The van der Waals surface area contributed by atoms with E-state index in [4.69, 9.17) is 9.15 Å². The molecular formula is C15H18F3N3O2. The van der Waals surface area contributed by atoms with Crippen LogP contribution in [0.1, 0.15) is 29.0 Å². The molecule has 2 rings (SSSR count). The first-order valence-electron chi connectivity index (χ1n) is 6.96. The second-order valence-electron chi connectivity index (χ2n) is 5.22. The van der Waals surface area contributed by atoms with Gasteiger partial charge < -0.3 is 9.15 Å². The Balaban J connectivity index is 2.23. The highest BCUT2D eigenvalue weighted by atomic mass is 19.4. The molecule has 126 valence electrons. The van der Waals surface area contributed by atoms with E-state index in [0.717, 1.165) is 12.1 Å². The highest BCUT2D eigenvalue weighted by Crippen LogP contribution is 2.32. The van der Waals surface area contributed by atoms with Crippen molar-refractivity contribution < 1.29 is 22.3 Å². The summed E-state index contributed by atoms with van der Waals surface area (Å²) in [7, 11) is 3.27. The molecular weight excluding hydrogens is 311 g/mol. The Morgan fingerprint density at radius 1 is 1.30 bits per heavy atom. The number of methoxy groups -OCH3 is 1. The van der Waals surface area contributed by atoms with Crippen LogP contribution in [0.4, 0.5) is 13.2 Å². The monoisotopic (exact) mass is 329 g/mol. The van der Waals surface area contributed by atoms with Gasteiger partial charge in [0.05, 0.1) is 24.8 Å². The minimum Gasteiger partial charge on any atom is -0.424 e. The molecule has 1 aromatic heterocycles. The molecule has 0 amide bonds. The quantitative estimate of drug-likeness (QED) is 0.814. The third-order valence-electron chi connectivity index (χ3n) is 3.41. The number of ether oxygens (including phenoxy) is 1. The van der Waals surface area contributed by atoms with Crippen LogP contribution in [-0.4, -0.2) is 35.9 Å². The van der Waals surface area contributed by atoms with E-state index in [1.807, 2.05) is 4.90 Å². The van der Waals surface area contributed by atoms with E-state index in [1.165, 1.54) is 13.2 Å². The molecule has 0 aliphatic heterocycles. The summed E-state index contributed by atoms with van der Waals surface area (Å²) in [5, 5.41) is 7.64. The molecule has 0 N–H and O–H groups in total. The molecule has 1 atom stereocenters. The van der Waals surface area contributed by atoms with E-state index in [2.05, 4.69) is 10.2 Å². The molecule has 0 fully saturated rings. The average Bonchev–Trinajstić information content (AvgIpc) is 2.89. The molecule has 0 aliphatic carbocycles. The third-order valence-corrected chi connectivity index (χ3v) is 3.41. The van der Waals surface area contributed by atoms with Gasteiger partial charge in [0, 0.05) is 14.0 Å². The Hall–Kier alpha value is -1.93. The van der Waals surface area contributed by atoms with Gasteiger partial charge in [0.15, 0.2) is 0 Å². The van der Waals surface area contributed by atoms with E-state index in [-0.39, 0.29) is 12.6 Å². The van der Waals surface area contributed by atoms with Crippen LogP contribution in [0.15, 0.2) is 28.7 Å². The molecule has 0 bridgehead atoms. The Bertz CT molecular complexity index is 643. The van der Waals surface area contributed by atoms with Crippen LogP contribution in [0, 0.1) is 6.92 Å². The summed E-state index contributed by atoms with van der Waals surface area (Å²) < 4.78 is 49.1. The van der Waals surface area contributed by atoms with Gasteiger partial charge in [0.25, 0.3) is 0 Å². The maximum Gasteiger partial charge on any atom is 0.416 e. The summed E-state index contributed by atoms with van der Waals surface area (Å²) >= 11 is 0. The molecule has 1 aromatic carbocycles. The van der Waals surface area contributed by atoms with Gasteiger partial charge in [-0.15, -0.1) is 10.2 Å². The fourth-order valence-electron chi connectivity index (χ4n) is 2.28. The molecule has 1 heterocycles. The average molecular weight is 329 g/mol. The number of hydrogen-bond acceptors (Lipinski definition) is 5. The molecule has 0 aliphatic rings. The first-order chi connectivity index (χ1) is 10.8. The van der Waals surface area contributed by atoms with Crippen LogP contribution in [0.5, 0.6) is 0 Å². The standard InChI is InChI=1S/C15H18F3N3O2/c1-10-19-20-14(23-10)8-21(2)13(9-22-3)11-5-4-6-12(7-11)15(16,17)18/h4-7,13H,8-9H2,1-3H3. The third kappa shape index (κ3) is 4.52. The number of aryl methyl sites for hydroxylation is 1. The lowest BCUT2D eigenvalue weighted by molar-refractivity contribution is -0.137. The predicted molar refractivity (Wildman–Crippen MR) is 76.6 cm³/mol. The van der Waals surface area contributed by atoms with Crippen molar-refractivity contribution in [2.75, 3.05) is 20.8 Å². The number of benzene rings is 1. The normalized spacial score (nSPS) is 13.5. The lowest BCUT2D eigenvalue weighted by Crippen LogP contribution is -2.28. The number of aromatic nitrogens is 2. The second kappa shape index (κ2) is 7.10. The summed E-state index contributed by atoms with van der Waals surface area (Å²) in [6, 6.07) is 4.86. The zero-order valence-corrected chi connectivity index (χ0v) is 13.1. The summed E-state index contributed by atoms with van der Waals surface area (Å²) in [6.45, 7) is 2.23. The maximum absolute atomic E-state index is 12.9. The SMILES string of the molecule is COCC(c1cccc(C(F)(F)F)c1)N(C)Cc1nnc(C)o1. The van der Waals surface area contributed by atoms with Crippen molar-refractivity contribution in [1.29, 1.82) is 0 Å². The van der Waals surface area contributed by atoms with Crippen LogP contribution >= 0.6 is 0 Å². The van der Waals surface area contributed by atoms with Gasteiger partial charge in [-0.25, -0.2) is 0 Å². The fourth-order valence-corrected chi connectivity index (χ4v) is 2.28. The van der Waals surface area contributed by atoms with E-state index >= 15 is 0 Å². The van der Waals surface area contributed by atoms with Gasteiger partial charge in [-0.3, -0.25) is 4.90 Å². The number of likely N-dealkylation sites (N-methyl/N-ethyl adjacent to an activating group) is 1. The smallest absolute Gasteiger partial charge is 0.416 e. The summed E-state index contributed by atoms with van der Waals surface area (Å²) in [6.07, 6.45) is -4.38. The lowest BCUT2D eigenvalue weighted by atomic mass is 10.0. The van der Waals surface area contributed by atoms with Crippen molar-refractivity contribution in [3.05, 3.63) is 47.2 Å². The van der Waals surface area contributed by atoms with Crippen molar-refractivity contribution >= 4 is 0 Å². The second-order valence-corrected chi connectivity index (χ2v) is 5.22. The van der Waals surface area contributed by atoms with E-state index in [1.54, 1.807) is 20.0 Å². The number of rotatable bonds is 6. The lowest BCUT2D eigenvalue weighted by Gasteiger charge is -2.27. The van der Waals surface area contributed by atoms with Crippen LogP contribution in [0.25, 0.3) is 0 Å². The van der Waals surface area contributed by atoms with Crippen molar-refractivity contribution in [2.45, 2.75) is 25.7 Å². The van der Waals surface area contributed by atoms with E-state index in [9.17, 15) is 13.2 Å². The number of hydrogen-bond donors (Lipinski definition) is 0. The van der Waals surface area contributed by atoms with Gasteiger partial charge >= 0.3 is 6.18 Å². The van der Waals surface area contributed by atoms with E-state index in [0.29, 0.717) is 23.9 Å². The summed E-state index contributed by atoms with van der Waals surface area (Å²) in [5.41, 5.74) is -0.168. The van der Waals surface area contributed by atoms with Gasteiger partial charge in [0.1, 0.15) is 0 Å². The Kier molecular flexibility index (Phi) is 5.38.